The lowest BCUT2D eigenvalue weighted by atomic mass is 10.1. The Labute approximate surface area is 166 Å². The van der Waals surface area contributed by atoms with E-state index >= 15 is 0 Å². The molecule has 2 heterocycles. The summed E-state index contributed by atoms with van der Waals surface area (Å²) >= 11 is 6.12. The van der Waals surface area contributed by atoms with Crippen LogP contribution in [0.4, 0.5) is 10.1 Å². The van der Waals surface area contributed by atoms with Crippen LogP contribution in [0, 0.1) is 17.1 Å². The highest BCUT2D eigenvalue weighted by atomic mass is 35.5. The van der Waals surface area contributed by atoms with Gasteiger partial charge in [-0.2, -0.15) is 5.26 Å². The van der Waals surface area contributed by atoms with Gasteiger partial charge in [-0.3, -0.25) is 9.78 Å². The van der Waals surface area contributed by atoms with Gasteiger partial charge in [0.05, 0.1) is 16.8 Å². The quantitative estimate of drug-likeness (QED) is 0.723. The molecule has 1 amide bonds. The zero-order valence-corrected chi connectivity index (χ0v) is 15.6. The Morgan fingerprint density at radius 1 is 1.29 bits per heavy atom. The van der Waals surface area contributed by atoms with Crippen molar-refractivity contribution in [1.29, 1.82) is 5.26 Å². The number of carbonyl (C=O) groups excluding carboxylic acids is 1. The molecule has 1 saturated heterocycles. The third-order valence-corrected chi connectivity index (χ3v) is 5.09. The van der Waals surface area contributed by atoms with Gasteiger partial charge in [-0.25, -0.2) is 4.39 Å². The van der Waals surface area contributed by atoms with Crippen LogP contribution in [0.25, 0.3) is 10.9 Å². The van der Waals surface area contributed by atoms with Gasteiger partial charge < -0.3 is 10.2 Å². The number of likely N-dealkylation sites (tertiary alicyclic amines) is 1. The summed E-state index contributed by atoms with van der Waals surface area (Å²) in [5, 5.41) is 13.9. The molecule has 1 aliphatic heterocycles. The summed E-state index contributed by atoms with van der Waals surface area (Å²) in [6.45, 7) is 1.00. The third-order valence-electron chi connectivity index (χ3n) is 4.85. The van der Waals surface area contributed by atoms with Gasteiger partial charge in [0.2, 0.25) is 5.91 Å². The van der Waals surface area contributed by atoms with Crippen LogP contribution in [-0.2, 0) is 11.3 Å². The Balaban J connectivity index is 1.58. The Kier molecular flexibility index (Phi) is 4.84. The van der Waals surface area contributed by atoms with Crippen molar-refractivity contribution in [3.63, 3.8) is 0 Å². The minimum atomic E-state index is -0.447. The number of halogens is 2. The zero-order chi connectivity index (χ0) is 19.7. The maximum Gasteiger partial charge on any atom is 0.245 e. The fourth-order valence-electron chi connectivity index (χ4n) is 3.42. The fraction of sp³-hybridized carbons (Fsp3) is 0.190. The first-order chi connectivity index (χ1) is 13.5. The number of benzene rings is 2. The molecule has 1 unspecified atom stereocenters. The van der Waals surface area contributed by atoms with Gasteiger partial charge in [0.25, 0.3) is 0 Å². The van der Waals surface area contributed by atoms with Crippen molar-refractivity contribution in [3.05, 3.63) is 70.6 Å². The predicted octanol–water partition coefficient (Wildman–Crippen LogP) is 4.11. The van der Waals surface area contributed by atoms with Gasteiger partial charge >= 0.3 is 0 Å². The summed E-state index contributed by atoms with van der Waals surface area (Å²) in [6.07, 6.45) is 2.10. The molecule has 28 heavy (non-hydrogen) atoms. The lowest BCUT2D eigenvalue weighted by Gasteiger charge is -2.19. The van der Waals surface area contributed by atoms with Gasteiger partial charge in [-0.15, -0.1) is 0 Å². The molecule has 0 saturated carbocycles. The van der Waals surface area contributed by atoms with Crippen LogP contribution in [0.2, 0.25) is 5.02 Å². The van der Waals surface area contributed by atoms with E-state index in [2.05, 4.69) is 16.4 Å². The van der Waals surface area contributed by atoms with Gasteiger partial charge in [0, 0.05) is 29.7 Å². The normalized spacial score (nSPS) is 16.4. The Hall–Kier alpha value is -3.17. The molecule has 1 aromatic heterocycles. The lowest BCUT2D eigenvalue weighted by molar-refractivity contribution is -0.128. The summed E-state index contributed by atoms with van der Waals surface area (Å²) in [5.74, 6) is -0.358. The standard InChI is InChI=1S/C21H16ClFN4O/c22-15-3-6-18-17(9-15)20(14(10-24)11-25-18)26-19-7-8-27(21(19)28)12-13-1-4-16(23)5-2-13/h1-6,9,11,19H,7-8,12H2,(H,25,26). The molecule has 0 radical (unpaired) electrons. The number of hydrogen-bond acceptors (Lipinski definition) is 4. The summed E-state index contributed by atoms with van der Waals surface area (Å²) in [5.41, 5.74) is 2.49. The molecule has 1 atom stereocenters. The second-order valence-corrected chi connectivity index (χ2v) is 7.13. The molecular weight excluding hydrogens is 379 g/mol. The van der Waals surface area contributed by atoms with Crippen molar-refractivity contribution >= 4 is 34.1 Å². The average Bonchev–Trinajstić information content (AvgIpc) is 3.03. The van der Waals surface area contributed by atoms with E-state index in [1.807, 2.05) is 0 Å². The highest BCUT2D eigenvalue weighted by Gasteiger charge is 2.32. The topological polar surface area (TPSA) is 69.0 Å². The molecule has 1 N–H and O–H groups in total. The molecule has 1 aliphatic rings. The summed E-state index contributed by atoms with van der Waals surface area (Å²) in [4.78, 5) is 18.9. The molecule has 7 heteroatoms. The highest BCUT2D eigenvalue weighted by molar-refractivity contribution is 6.31. The average molecular weight is 395 g/mol. The number of nitrogens with zero attached hydrogens (tertiary/aromatic N) is 3. The van der Waals surface area contributed by atoms with Crippen LogP contribution >= 0.6 is 11.6 Å². The SMILES string of the molecule is N#Cc1cnc2ccc(Cl)cc2c1NC1CCN(Cc2ccc(F)cc2)C1=O. The molecule has 4 rings (SSSR count). The van der Waals surface area contributed by atoms with Crippen LogP contribution < -0.4 is 5.32 Å². The summed E-state index contributed by atoms with van der Waals surface area (Å²) < 4.78 is 13.1. The summed E-state index contributed by atoms with van der Waals surface area (Å²) in [7, 11) is 0. The Morgan fingerprint density at radius 3 is 2.82 bits per heavy atom. The van der Waals surface area contributed by atoms with Gasteiger partial charge in [-0.1, -0.05) is 23.7 Å². The van der Waals surface area contributed by atoms with Crippen molar-refractivity contribution in [2.45, 2.75) is 19.0 Å². The van der Waals surface area contributed by atoms with Crippen molar-refractivity contribution in [3.8, 4) is 6.07 Å². The third kappa shape index (κ3) is 3.49. The number of rotatable bonds is 4. The van der Waals surface area contributed by atoms with Crippen LogP contribution in [-0.4, -0.2) is 28.4 Å². The first-order valence-corrected chi connectivity index (χ1v) is 9.21. The Morgan fingerprint density at radius 2 is 2.07 bits per heavy atom. The van der Waals surface area contributed by atoms with Crippen molar-refractivity contribution in [1.82, 2.24) is 9.88 Å². The number of nitriles is 1. The largest absolute Gasteiger partial charge is 0.372 e. The molecule has 0 aliphatic carbocycles. The number of carbonyl (C=O) groups is 1. The van der Waals surface area contributed by atoms with Crippen molar-refractivity contribution < 1.29 is 9.18 Å². The number of nitrogens with one attached hydrogen (secondary N) is 1. The molecule has 5 nitrogen and oxygen atoms in total. The Bertz CT molecular complexity index is 1090. The van der Waals surface area contributed by atoms with Crippen LogP contribution in [0.15, 0.2) is 48.7 Å². The van der Waals surface area contributed by atoms with Crippen LogP contribution in [0.5, 0.6) is 0 Å². The molecule has 0 bridgehead atoms. The number of hydrogen-bond donors (Lipinski definition) is 1. The van der Waals surface area contributed by atoms with E-state index in [1.165, 1.54) is 18.3 Å². The van der Waals surface area contributed by atoms with Gasteiger partial charge in [0.1, 0.15) is 17.9 Å². The second-order valence-electron chi connectivity index (χ2n) is 6.69. The van der Waals surface area contributed by atoms with Crippen LogP contribution in [0.1, 0.15) is 17.5 Å². The second kappa shape index (κ2) is 7.45. The zero-order valence-electron chi connectivity index (χ0n) is 14.8. The minimum Gasteiger partial charge on any atom is -0.372 e. The number of amides is 1. The number of aromatic nitrogens is 1. The first kappa shape index (κ1) is 18.2. The first-order valence-electron chi connectivity index (χ1n) is 8.83. The van der Waals surface area contributed by atoms with E-state index in [9.17, 15) is 14.4 Å². The number of anilines is 1. The fourth-order valence-corrected chi connectivity index (χ4v) is 3.59. The van der Waals surface area contributed by atoms with E-state index in [1.54, 1.807) is 35.2 Å². The maximum atomic E-state index is 13.1. The van der Waals surface area contributed by atoms with E-state index in [0.717, 1.165) is 5.56 Å². The van der Waals surface area contributed by atoms with Crippen molar-refractivity contribution in [2.75, 3.05) is 11.9 Å². The molecule has 1 fully saturated rings. The van der Waals surface area contributed by atoms with E-state index in [0.29, 0.717) is 46.7 Å². The van der Waals surface area contributed by atoms with Crippen LogP contribution in [0.3, 0.4) is 0 Å². The van der Waals surface area contributed by atoms with E-state index in [4.69, 9.17) is 11.6 Å². The smallest absolute Gasteiger partial charge is 0.245 e. The molecular formula is C21H16ClFN4O. The van der Waals surface area contributed by atoms with Crippen molar-refractivity contribution in [2.24, 2.45) is 0 Å². The van der Waals surface area contributed by atoms with E-state index < -0.39 is 6.04 Å². The summed E-state index contributed by atoms with van der Waals surface area (Å²) in [6, 6.07) is 13.1. The van der Waals surface area contributed by atoms with E-state index in [-0.39, 0.29) is 11.7 Å². The minimum absolute atomic E-state index is 0.0554. The maximum absolute atomic E-state index is 13.1. The number of pyridine rings is 1. The highest BCUT2D eigenvalue weighted by Crippen LogP contribution is 2.30. The lowest BCUT2D eigenvalue weighted by Crippen LogP contribution is -2.33. The van der Waals surface area contributed by atoms with Gasteiger partial charge in [0.15, 0.2) is 0 Å². The predicted molar refractivity (Wildman–Crippen MR) is 105 cm³/mol. The van der Waals surface area contributed by atoms with Gasteiger partial charge in [-0.05, 0) is 42.3 Å². The molecule has 3 aromatic rings. The molecule has 2 aromatic carbocycles. The number of fused-ring (bicyclic) bond motifs is 1. The molecule has 0 spiro atoms. The monoisotopic (exact) mass is 394 g/mol. The molecule has 140 valence electrons.